The zero-order valence-electron chi connectivity index (χ0n) is 24.1. The lowest BCUT2D eigenvalue weighted by Gasteiger charge is -2.45. The van der Waals surface area contributed by atoms with Crippen molar-refractivity contribution in [3.05, 3.63) is 70.8 Å². The van der Waals surface area contributed by atoms with Crippen LogP contribution in [-0.4, -0.2) is 47.5 Å². The van der Waals surface area contributed by atoms with Crippen LogP contribution in [-0.2, 0) is 15.8 Å². The lowest BCUT2D eigenvalue weighted by atomic mass is 9.69. The minimum absolute atomic E-state index is 0.0832. The van der Waals surface area contributed by atoms with Gasteiger partial charge in [-0.25, -0.2) is 0 Å². The molecule has 1 fully saturated rings. The second-order valence-electron chi connectivity index (χ2n) is 12.3. The highest BCUT2D eigenvalue weighted by atomic mass is 19.4. The van der Waals surface area contributed by atoms with Crippen molar-refractivity contribution < 1.29 is 27.6 Å². The predicted octanol–water partition coefficient (Wildman–Crippen LogP) is 6.39. The van der Waals surface area contributed by atoms with Crippen molar-refractivity contribution >= 4 is 23.8 Å². The Morgan fingerprint density at radius 2 is 1.78 bits per heavy atom. The molecule has 1 N–H and O–H groups in total. The van der Waals surface area contributed by atoms with Crippen LogP contribution in [0.15, 0.2) is 53.5 Å². The molecule has 2 aromatic carbocycles. The van der Waals surface area contributed by atoms with Crippen LogP contribution in [0.4, 0.5) is 13.2 Å². The van der Waals surface area contributed by atoms with Crippen LogP contribution in [0.5, 0.6) is 0 Å². The van der Waals surface area contributed by atoms with Gasteiger partial charge in [-0.15, -0.1) is 0 Å². The summed E-state index contributed by atoms with van der Waals surface area (Å²) in [6, 6.07) is 12.0. The topological polar surface area (TPSA) is 78.8 Å². The van der Waals surface area contributed by atoms with E-state index in [1.165, 1.54) is 12.1 Å². The highest BCUT2D eigenvalue weighted by Crippen LogP contribution is 2.47. The molecule has 1 heterocycles. The average Bonchev–Trinajstić information content (AvgIpc) is 3.18. The van der Waals surface area contributed by atoms with Crippen molar-refractivity contribution in [1.29, 1.82) is 0 Å². The maximum absolute atomic E-state index is 13.9. The number of hydrogen-bond donors (Lipinski definition) is 1. The first-order valence-electron chi connectivity index (χ1n) is 14.2. The quantitative estimate of drug-likeness (QED) is 0.296. The molecule has 220 valence electrons. The Labute approximate surface area is 239 Å². The van der Waals surface area contributed by atoms with Gasteiger partial charge in [-0.1, -0.05) is 52.0 Å². The first-order chi connectivity index (χ1) is 19.2. The van der Waals surface area contributed by atoms with Crippen molar-refractivity contribution in [2.45, 2.75) is 77.6 Å². The Bertz CT molecular complexity index is 1300. The Morgan fingerprint density at radius 3 is 2.37 bits per heavy atom. The molecule has 0 aromatic heterocycles. The molecule has 2 amide bonds. The van der Waals surface area contributed by atoms with Crippen molar-refractivity contribution in [3.63, 3.8) is 0 Å². The number of nitrogens with one attached hydrogen (secondary N) is 1. The fourth-order valence-corrected chi connectivity index (χ4v) is 5.93. The molecule has 41 heavy (non-hydrogen) atoms. The minimum Gasteiger partial charge on any atom is -0.352 e. The van der Waals surface area contributed by atoms with Gasteiger partial charge in [-0.3, -0.25) is 14.6 Å². The van der Waals surface area contributed by atoms with E-state index in [0.29, 0.717) is 30.9 Å². The summed E-state index contributed by atoms with van der Waals surface area (Å²) in [5.41, 5.74) is 0.163. The van der Waals surface area contributed by atoms with Gasteiger partial charge in [-0.05, 0) is 72.8 Å². The van der Waals surface area contributed by atoms with Gasteiger partial charge < -0.3 is 15.0 Å². The molecular weight excluding hydrogens is 531 g/mol. The molecule has 9 heteroatoms. The molecule has 1 saturated carbocycles. The Hall–Kier alpha value is -3.49. The summed E-state index contributed by atoms with van der Waals surface area (Å²) < 4.78 is 40.4. The van der Waals surface area contributed by atoms with Gasteiger partial charge in [-0.2, -0.15) is 13.2 Å². The molecule has 1 unspecified atom stereocenters. The van der Waals surface area contributed by atoms with Crippen molar-refractivity contribution in [2.24, 2.45) is 16.3 Å². The molecule has 2 aromatic rings. The maximum atomic E-state index is 13.9. The molecule has 4 rings (SSSR count). The molecular formula is C32H38F3N3O3. The fraction of sp³-hybridized carbons (Fsp3) is 0.500. The largest absolute Gasteiger partial charge is 0.416 e. The van der Waals surface area contributed by atoms with Gasteiger partial charge in [0.2, 0.25) is 0 Å². The number of carbonyl (C=O) groups is 3. The van der Waals surface area contributed by atoms with Crippen molar-refractivity contribution in [2.75, 3.05) is 13.1 Å². The van der Waals surface area contributed by atoms with Crippen LogP contribution in [0.1, 0.15) is 92.8 Å². The number of alkyl halides is 3. The summed E-state index contributed by atoms with van der Waals surface area (Å²) in [4.78, 5) is 43.4. The summed E-state index contributed by atoms with van der Waals surface area (Å²) in [5.74, 6) is -0.272. The maximum Gasteiger partial charge on any atom is 0.416 e. The summed E-state index contributed by atoms with van der Waals surface area (Å²) in [7, 11) is 0. The monoisotopic (exact) mass is 569 g/mol. The average molecular weight is 570 g/mol. The van der Waals surface area contributed by atoms with Crippen LogP contribution in [0.3, 0.4) is 0 Å². The van der Waals surface area contributed by atoms with E-state index in [-0.39, 0.29) is 47.4 Å². The summed E-state index contributed by atoms with van der Waals surface area (Å²) >= 11 is 0. The predicted molar refractivity (Wildman–Crippen MR) is 152 cm³/mol. The zero-order chi connectivity index (χ0) is 30.0. The second-order valence-corrected chi connectivity index (χ2v) is 12.3. The van der Waals surface area contributed by atoms with E-state index in [2.05, 4.69) is 26.1 Å². The normalized spacial score (nSPS) is 22.0. The number of aldehydes is 1. The van der Waals surface area contributed by atoms with Gasteiger partial charge in [0.05, 0.1) is 5.56 Å². The molecule has 1 aliphatic carbocycles. The third-order valence-electron chi connectivity index (χ3n) is 8.49. The van der Waals surface area contributed by atoms with Crippen molar-refractivity contribution in [3.8, 4) is 0 Å². The van der Waals surface area contributed by atoms with E-state index in [1.807, 2.05) is 19.1 Å². The molecule has 0 saturated heterocycles. The molecule has 1 aliphatic heterocycles. The van der Waals surface area contributed by atoms with Crippen LogP contribution in [0.25, 0.3) is 0 Å². The van der Waals surface area contributed by atoms with E-state index < -0.39 is 17.4 Å². The van der Waals surface area contributed by atoms with Crippen LogP contribution < -0.4 is 5.32 Å². The molecule has 6 nitrogen and oxygen atoms in total. The van der Waals surface area contributed by atoms with Crippen LogP contribution in [0, 0.1) is 11.3 Å². The summed E-state index contributed by atoms with van der Waals surface area (Å²) in [6.45, 7) is 9.22. The van der Waals surface area contributed by atoms with Crippen molar-refractivity contribution in [1.82, 2.24) is 10.2 Å². The number of carbonyl (C=O) groups excluding carboxylic acids is 3. The number of aliphatic imine (C=N–C) groups is 1. The molecule has 0 radical (unpaired) electrons. The molecule has 1 spiro atoms. The summed E-state index contributed by atoms with van der Waals surface area (Å²) in [5, 5.41) is 2.69. The third-order valence-corrected chi connectivity index (χ3v) is 8.49. The number of amides is 2. The molecule has 1 atom stereocenters. The number of rotatable bonds is 8. The SMILES string of the molecule is CC(CN1C(=O)C(c2cccc(C(F)(F)F)c2)=NC12CCC(C(C)(C)C)CC2)c1ccc(C(=O)NCCC=O)cc1. The number of halogens is 3. The number of hydrogen-bond acceptors (Lipinski definition) is 4. The van der Waals surface area contributed by atoms with Crippen LogP contribution >= 0.6 is 0 Å². The lowest BCUT2D eigenvalue weighted by Crippen LogP contribution is -2.51. The summed E-state index contributed by atoms with van der Waals surface area (Å²) in [6.07, 6.45) is -0.495. The van der Waals surface area contributed by atoms with E-state index in [1.54, 1.807) is 17.0 Å². The fourth-order valence-electron chi connectivity index (χ4n) is 5.93. The van der Waals surface area contributed by atoms with Gasteiger partial charge >= 0.3 is 6.18 Å². The van der Waals surface area contributed by atoms with Gasteiger partial charge in [0.1, 0.15) is 17.7 Å². The zero-order valence-corrected chi connectivity index (χ0v) is 24.1. The van der Waals surface area contributed by atoms with Gasteiger partial charge in [0.15, 0.2) is 0 Å². The second kappa shape index (κ2) is 11.8. The Kier molecular flexibility index (Phi) is 8.76. The minimum atomic E-state index is -4.52. The molecule has 0 bridgehead atoms. The smallest absolute Gasteiger partial charge is 0.352 e. The Morgan fingerprint density at radius 1 is 1.12 bits per heavy atom. The van der Waals surface area contributed by atoms with Gasteiger partial charge in [0, 0.05) is 30.6 Å². The third kappa shape index (κ3) is 6.71. The first kappa shape index (κ1) is 30.5. The van der Waals surface area contributed by atoms with Crippen LogP contribution in [0.2, 0.25) is 0 Å². The van der Waals surface area contributed by atoms with E-state index in [0.717, 1.165) is 36.8 Å². The standard InChI is InChI=1S/C32H38F3N3O3/c1-21(22-9-11-23(12-10-22)28(40)36-17-6-18-39)20-38-29(41)27(24-7-5-8-26(19-24)32(33,34)35)37-31(38)15-13-25(14-16-31)30(2,3)4/h5,7-12,18-19,21,25H,6,13-17,20H2,1-4H3,(H,36,40). The van der Waals surface area contributed by atoms with E-state index in [9.17, 15) is 27.6 Å². The van der Waals surface area contributed by atoms with Gasteiger partial charge in [0.25, 0.3) is 11.8 Å². The van der Waals surface area contributed by atoms with E-state index >= 15 is 0 Å². The number of benzene rings is 2. The highest BCUT2D eigenvalue weighted by molar-refractivity contribution is 6.46. The highest BCUT2D eigenvalue weighted by Gasteiger charge is 2.50. The molecule has 2 aliphatic rings. The lowest BCUT2D eigenvalue weighted by molar-refractivity contribution is -0.137. The van der Waals surface area contributed by atoms with E-state index in [4.69, 9.17) is 4.99 Å². The number of nitrogens with zero attached hydrogens (tertiary/aromatic N) is 2. The first-order valence-corrected chi connectivity index (χ1v) is 14.2. The Balaban J connectivity index is 1.59.